The predicted molar refractivity (Wildman–Crippen MR) is 101 cm³/mol. The number of rotatable bonds is 6. The molecule has 1 aliphatic carbocycles. The molecule has 2 heterocycles. The van der Waals surface area contributed by atoms with Gasteiger partial charge in [-0.3, -0.25) is 4.79 Å². The Morgan fingerprint density at radius 3 is 2.69 bits per heavy atom. The van der Waals surface area contributed by atoms with E-state index in [2.05, 4.69) is 21.4 Å². The van der Waals surface area contributed by atoms with Gasteiger partial charge in [-0.25, -0.2) is 18.4 Å². The molecule has 0 aromatic carbocycles. The average molecular weight is 378 g/mol. The molecule has 8 heteroatoms. The van der Waals surface area contributed by atoms with Crippen LogP contribution in [0.1, 0.15) is 48.9 Å². The van der Waals surface area contributed by atoms with Crippen LogP contribution in [0.2, 0.25) is 0 Å². The minimum absolute atomic E-state index is 0.0333. The molecule has 26 heavy (non-hydrogen) atoms. The van der Waals surface area contributed by atoms with Gasteiger partial charge in [-0.15, -0.1) is 0 Å². The molecule has 1 saturated heterocycles. The quantitative estimate of drug-likeness (QED) is 0.762. The van der Waals surface area contributed by atoms with Crippen LogP contribution in [0.25, 0.3) is 0 Å². The molecule has 1 unspecified atom stereocenters. The van der Waals surface area contributed by atoms with E-state index in [-0.39, 0.29) is 23.5 Å². The average Bonchev–Trinajstić information content (AvgIpc) is 3.02. The van der Waals surface area contributed by atoms with E-state index in [4.69, 9.17) is 0 Å². The SMILES string of the molecule is CN(C(=O)c1cnc(NCCC2=CCCCC2)nc1)C1CCS(=O)(=O)C1. The lowest BCUT2D eigenvalue weighted by molar-refractivity contribution is 0.0747. The molecule has 7 nitrogen and oxygen atoms in total. The van der Waals surface area contributed by atoms with Crippen molar-refractivity contribution in [3.63, 3.8) is 0 Å². The Balaban J connectivity index is 1.51. The molecule has 2 aliphatic rings. The van der Waals surface area contributed by atoms with Gasteiger partial charge in [0.2, 0.25) is 5.95 Å². The van der Waals surface area contributed by atoms with Crippen LogP contribution in [0.5, 0.6) is 0 Å². The second-order valence-corrected chi connectivity index (χ2v) is 9.28. The van der Waals surface area contributed by atoms with Crippen LogP contribution < -0.4 is 5.32 Å². The second-order valence-electron chi connectivity index (χ2n) is 7.05. The Kier molecular flexibility index (Phi) is 5.90. The summed E-state index contributed by atoms with van der Waals surface area (Å²) in [4.78, 5) is 22.4. The number of nitrogens with one attached hydrogen (secondary N) is 1. The van der Waals surface area contributed by atoms with Crippen molar-refractivity contribution in [2.75, 3.05) is 30.4 Å². The Bertz CT molecular complexity index is 774. The number of sulfone groups is 1. The minimum atomic E-state index is -3.02. The number of anilines is 1. The zero-order valence-corrected chi connectivity index (χ0v) is 16.0. The van der Waals surface area contributed by atoms with Gasteiger partial charge < -0.3 is 10.2 Å². The van der Waals surface area contributed by atoms with E-state index in [1.54, 1.807) is 7.05 Å². The van der Waals surface area contributed by atoms with Crippen molar-refractivity contribution in [2.45, 2.75) is 44.6 Å². The summed E-state index contributed by atoms with van der Waals surface area (Å²) in [6, 6.07) is -0.269. The molecule has 0 spiro atoms. The molecule has 1 atom stereocenters. The Hall–Kier alpha value is -1.96. The summed E-state index contributed by atoms with van der Waals surface area (Å²) in [5.74, 6) is 0.437. The van der Waals surface area contributed by atoms with E-state index < -0.39 is 9.84 Å². The Morgan fingerprint density at radius 2 is 2.08 bits per heavy atom. The number of aromatic nitrogens is 2. The van der Waals surface area contributed by atoms with E-state index in [9.17, 15) is 13.2 Å². The summed E-state index contributed by atoms with van der Waals surface area (Å²) in [6.07, 6.45) is 11.7. The summed E-state index contributed by atoms with van der Waals surface area (Å²) in [7, 11) is -1.39. The molecular formula is C18H26N4O3S. The fourth-order valence-electron chi connectivity index (χ4n) is 3.45. The maximum atomic E-state index is 12.5. The van der Waals surface area contributed by atoms with E-state index >= 15 is 0 Å². The van der Waals surface area contributed by atoms with Gasteiger partial charge in [0.15, 0.2) is 9.84 Å². The summed E-state index contributed by atoms with van der Waals surface area (Å²) < 4.78 is 23.2. The first-order chi connectivity index (χ1) is 12.4. The first kappa shape index (κ1) is 18.8. The number of carbonyl (C=O) groups is 1. The first-order valence-corrected chi connectivity index (χ1v) is 11.0. The maximum Gasteiger partial charge on any atom is 0.257 e. The number of hydrogen-bond donors (Lipinski definition) is 1. The van der Waals surface area contributed by atoms with Crippen molar-refractivity contribution in [3.05, 3.63) is 29.6 Å². The second kappa shape index (κ2) is 8.16. The molecule has 1 aliphatic heterocycles. The minimum Gasteiger partial charge on any atom is -0.354 e. The molecule has 1 N–H and O–H groups in total. The van der Waals surface area contributed by atoms with Gasteiger partial charge in [-0.1, -0.05) is 11.6 Å². The van der Waals surface area contributed by atoms with Crippen LogP contribution >= 0.6 is 0 Å². The van der Waals surface area contributed by atoms with Gasteiger partial charge >= 0.3 is 0 Å². The van der Waals surface area contributed by atoms with E-state index in [0.29, 0.717) is 17.9 Å². The van der Waals surface area contributed by atoms with E-state index in [0.717, 1.165) is 13.0 Å². The monoisotopic (exact) mass is 378 g/mol. The topological polar surface area (TPSA) is 92.3 Å². The fraction of sp³-hybridized carbons (Fsp3) is 0.611. The van der Waals surface area contributed by atoms with Gasteiger partial charge in [-0.2, -0.15) is 0 Å². The molecule has 0 saturated carbocycles. The third-order valence-corrected chi connectivity index (χ3v) is 6.84. The molecule has 1 fully saturated rings. The number of allylic oxidation sites excluding steroid dienone is 1. The fourth-order valence-corrected chi connectivity index (χ4v) is 5.22. The van der Waals surface area contributed by atoms with Crippen molar-refractivity contribution in [3.8, 4) is 0 Å². The highest BCUT2D eigenvalue weighted by Gasteiger charge is 2.33. The lowest BCUT2D eigenvalue weighted by Crippen LogP contribution is -2.37. The zero-order valence-electron chi connectivity index (χ0n) is 15.1. The number of hydrogen-bond acceptors (Lipinski definition) is 6. The summed E-state index contributed by atoms with van der Waals surface area (Å²) >= 11 is 0. The van der Waals surface area contributed by atoms with Crippen molar-refractivity contribution in [2.24, 2.45) is 0 Å². The molecular weight excluding hydrogens is 352 g/mol. The van der Waals surface area contributed by atoms with Crippen LogP contribution in [0.4, 0.5) is 5.95 Å². The van der Waals surface area contributed by atoms with Gasteiger partial charge in [-0.05, 0) is 38.5 Å². The lowest BCUT2D eigenvalue weighted by Gasteiger charge is -2.23. The van der Waals surface area contributed by atoms with Crippen LogP contribution in [0, 0.1) is 0 Å². The highest BCUT2D eigenvalue weighted by molar-refractivity contribution is 7.91. The zero-order chi connectivity index (χ0) is 18.6. The molecule has 1 aromatic heterocycles. The third kappa shape index (κ3) is 4.81. The van der Waals surface area contributed by atoms with E-state index in [1.807, 2.05) is 0 Å². The van der Waals surface area contributed by atoms with Crippen LogP contribution in [0.3, 0.4) is 0 Å². The largest absolute Gasteiger partial charge is 0.354 e. The maximum absolute atomic E-state index is 12.5. The standard InChI is InChI=1S/C18H26N4O3S/c1-22(16-8-10-26(24,25)13-16)17(23)15-11-20-18(21-12-15)19-9-7-14-5-3-2-4-6-14/h5,11-12,16H,2-4,6-10,13H2,1H3,(H,19,20,21). The Labute approximate surface area is 154 Å². The normalized spacial score (nSPS) is 21.9. The van der Waals surface area contributed by atoms with Crippen LogP contribution in [-0.4, -0.2) is 60.3 Å². The van der Waals surface area contributed by atoms with Gasteiger partial charge in [0.05, 0.1) is 17.1 Å². The highest BCUT2D eigenvalue weighted by Crippen LogP contribution is 2.20. The number of amides is 1. The smallest absolute Gasteiger partial charge is 0.257 e. The third-order valence-electron chi connectivity index (χ3n) is 5.09. The van der Waals surface area contributed by atoms with Crippen LogP contribution in [-0.2, 0) is 9.84 Å². The first-order valence-electron chi connectivity index (χ1n) is 9.16. The molecule has 142 valence electrons. The summed E-state index contributed by atoms with van der Waals surface area (Å²) in [6.45, 7) is 0.777. The highest BCUT2D eigenvalue weighted by atomic mass is 32.2. The summed E-state index contributed by atoms with van der Waals surface area (Å²) in [5, 5.41) is 3.19. The van der Waals surface area contributed by atoms with Gasteiger partial charge in [0.25, 0.3) is 5.91 Å². The van der Waals surface area contributed by atoms with Gasteiger partial charge in [0, 0.05) is 32.0 Å². The molecule has 0 bridgehead atoms. The number of nitrogens with zero attached hydrogens (tertiary/aromatic N) is 3. The molecule has 0 radical (unpaired) electrons. The van der Waals surface area contributed by atoms with Crippen molar-refractivity contribution in [1.29, 1.82) is 0 Å². The lowest BCUT2D eigenvalue weighted by atomic mass is 9.97. The molecule has 1 amide bonds. The number of carbonyl (C=O) groups excluding carboxylic acids is 1. The van der Waals surface area contributed by atoms with E-state index in [1.165, 1.54) is 48.5 Å². The van der Waals surface area contributed by atoms with Crippen molar-refractivity contribution in [1.82, 2.24) is 14.9 Å². The van der Waals surface area contributed by atoms with Gasteiger partial charge in [0.1, 0.15) is 0 Å². The predicted octanol–water partition coefficient (Wildman–Crippen LogP) is 2.04. The molecule has 3 rings (SSSR count). The van der Waals surface area contributed by atoms with Crippen molar-refractivity contribution >= 4 is 21.7 Å². The molecule has 1 aromatic rings. The van der Waals surface area contributed by atoms with Crippen molar-refractivity contribution < 1.29 is 13.2 Å². The van der Waals surface area contributed by atoms with Crippen LogP contribution in [0.15, 0.2) is 24.0 Å². The summed E-state index contributed by atoms with van der Waals surface area (Å²) in [5.41, 5.74) is 1.86. The Morgan fingerprint density at radius 1 is 1.31 bits per heavy atom.